The maximum absolute atomic E-state index is 13.4. The number of amides is 1. The molecule has 0 radical (unpaired) electrons. The van der Waals surface area contributed by atoms with E-state index in [4.69, 9.17) is 4.74 Å². The van der Waals surface area contributed by atoms with Crippen molar-refractivity contribution < 1.29 is 22.7 Å². The molecule has 2 unspecified atom stereocenters. The van der Waals surface area contributed by atoms with Crippen LogP contribution in [0.25, 0.3) is 0 Å². The first-order valence-corrected chi connectivity index (χ1v) is 5.73. The summed E-state index contributed by atoms with van der Waals surface area (Å²) in [4.78, 5) is 11.9. The van der Waals surface area contributed by atoms with Crippen molar-refractivity contribution in [2.45, 2.75) is 6.04 Å². The number of hydrogen-bond acceptors (Lipinski definition) is 3. The van der Waals surface area contributed by atoms with Gasteiger partial charge in [0.25, 0.3) is 0 Å². The summed E-state index contributed by atoms with van der Waals surface area (Å²) in [6.45, 7) is 0.519. The topological polar surface area (TPSA) is 50.4 Å². The molecule has 4 nitrogen and oxygen atoms in total. The van der Waals surface area contributed by atoms with Crippen molar-refractivity contribution in [3.63, 3.8) is 0 Å². The molecule has 1 aromatic rings. The van der Waals surface area contributed by atoms with Crippen LogP contribution in [0.1, 0.15) is 0 Å². The molecule has 1 aromatic carbocycles. The number of ether oxygens (including phenoxy) is 1. The molecular formula is C12H13F3N2O2. The lowest BCUT2D eigenvalue weighted by Gasteiger charge is -2.17. The molecule has 0 saturated carbocycles. The molecule has 1 saturated heterocycles. The van der Waals surface area contributed by atoms with Gasteiger partial charge in [0.2, 0.25) is 5.91 Å². The molecule has 104 valence electrons. The van der Waals surface area contributed by atoms with Crippen molar-refractivity contribution in [3.05, 3.63) is 29.6 Å². The molecular weight excluding hydrogens is 261 g/mol. The largest absolute Gasteiger partial charge is 0.379 e. The average molecular weight is 274 g/mol. The van der Waals surface area contributed by atoms with Crippen molar-refractivity contribution in [3.8, 4) is 0 Å². The van der Waals surface area contributed by atoms with E-state index in [1.807, 2.05) is 0 Å². The molecule has 1 fully saturated rings. The molecule has 19 heavy (non-hydrogen) atoms. The van der Waals surface area contributed by atoms with Crippen molar-refractivity contribution >= 4 is 11.6 Å². The fourth-order valence-corrected chi connectivity index (χ4v) is 1.97. The first-order chi connectivity index (χ1) is 9.02. The minimum absolute atomic E-state index is 0.168. The van der Waals surface area contributed by atoms with Gasteiger partial charge in [-0.2, -0.15) is 0 Å². The summed E-state index contributed by atoms with van der Waals surface area (Å²) < 4.78 is 44.7. The van der Waals surface area contributed by atoms with Gasteiger partial charge in [-0.3, -0.25) is 4.79 Å². The van der Waals surface area contributed by atoms with Gasteiger partial charge in [-0.15, -0.1) is 0 Å². The van der Waals surface area contributed by atoms with Gasteiger partial charge in [-0.25, -0.2) is 13.2 Å². The highest BCUT2D eigenvalue weighted by atomic mass is 19.1. The molecule has 0 bridgehead atoms. The van der Waals surface area contributed by atoms with Gasteiger partial charge in [-0.1, -0.05) is 0 Å². The molecule has 0 aliphatic carbocycles. The lowest BCUT2D eigenvalue weighted by Crippen LogP contribution is -2.39. The van der Waals surface area contributed by atoms with E-state index in [0.717, 1.165) is 0 Å². The first kappa shape index (κ1) is 13.8. The fourth-order valence-electron chi connectivity index (χ4n) is 1.97. The molecule has 2 rings (SSSR count). The minimum atomic E-state index is -1.15. The van der Waals surface area contributed by atoms with E-state index in [1.165, 1.54) is 0 Å². The van der Waals surface area contributed by atoms with Gasteiger partial charge in [0.05, 0.1) is 19.1 Å². The second-order valence-corrected chi connectivity index (χ2v) is 4.27. The maximum Gasteiger partial charge on any atom is 0.231 e. The molecule has 2 N–H and O–H groups in total. The summed E-state index contributed by atoms with van der Waals surface area (Å²) in [5, 5.41) is 5.02. The Hall–Kier alpha value is -1.60. The standard InChI is InChI=1S/C12H13F3N2O2/c1-16-10-5-19-4-7(10)12(18)17-11-8(14)2-6(13)3-9(11)15/h2-3,7,10,16H,4-5H2,1H3,(H,17,18). The Morgan fingerprint density at radius 1 is 1.26 bits per heavy atom. The Labute approximate surface area is 107 Å². The van der Waals surface area contributed by atoms with Gasteiger partial charge in [0.15, 0.2) is 11.6 Å². The Morgan fingerprint density at radius 3 is 2.47 bits per heavy atom. The van der Waals surface area contributed by atoms with E-state index >= 15 is 0 Å². The first-order valence-electron chi connectivity index (χ1n) is 5.73. The third-order valence-electron chi connectivity index (χ3n) is 3.04. The van der Waals surface area contributed by atoms with Crippen LogP contribution in [0.5, 0.6) is 0 Å². The van der Waals surface area contributed by atoms with Crippen LogP contribution in [-0.2, 0) is 9.53 Å². The van der Waals surface area contributed by atoms with Crippen LogP contribution in [0.3, 0.4) is 0 Å². The lowest BCUT2D eigenvalue weighted by molar-refractivity contribution is -0.120. The highest BCUT2D eigenvalue weighted by Gasteiger charge is 2.33. The highest BCUT2D eigenvalue weighted by molar-refractivity contribution is 5.93. The van der Waals surface area contributed by atoms with Crippen molar-refractivity contribution in [2.24, 2.45) is 5.92 Å². The number of anilines is 1. The predicted octanol–water partition coefficient (Wildman–Crippen LogP) is 1.28. The van der Waals surface area contributed by atoms with Crippen molar-refractivity contribution in [1.82, 2.24) is 5.32 Å². The zero-order chi connectivity index (χ0) is 14.0. The van der Waals surface area contributed by atoms with E-state index in [2.05, 4.69) is 10.6 Å². The van der Waals surface area contributed by atoms with Crippen LogP contribution in [0.15, 0.2) is 12.1 Å². The van der Waals surface area contributed by atoms with E-state index in [9.17, 15) is 18.0 Å². The summed E-state index contributed by atoms with van der Waals surface area (Å²) >= 11 is 0. The average Bonchev–Trinajstić information content (AvgIpc) is 2.81. The summed E-state index contributed by atoms with van der Waals surface area (Å²) in [6.07, 6.45) is 0. The van der Waals surface area contributed by atoms with Crippen molar-refractivity contribution in [2.75, 3.05) is 25.6 Å². The second kappa shape index (κ2) is 5.58. The normalized spacial score (nSPS) is 22.5. The number of hydrogen-bond donors (Lipinski definition) is 2. The number of likely N-dealkylation sites (N-methyl/N-ethyl adjacent to an activating group) is 1. The Balaban J connectivity index is 2.15. The van der Waals surface area contributed by atoms with E-state index in [0.29, 0.717) is 18.7 Å². The molecule has 0 aromatic heterocycles. The summed E-state index contributed by atoms with van der Waals surface area (Å²) in [6, 6.07) is 0.810. The highest BCUT2D eigenvalue weighted by Crippen LogP contribution is 2.22. The van der Waals surface area contributed by atoms with Gasteiger partial charge < -0.3 is 15.4 Å². The SMILES string of the molecule is CNC1COCC1C(=O)Nc1c(F)cc(F)cc1F. The van der Waals surface area contributed by atoms with Crippen LogP contribution in [0, 0.1) is 23.4 Å². The molecule has 7 heteroatoms. The van der Waals surface area contributed by atoms with Crippen LogP contribution in [-0.4, -0.2) is 32.2 Å². The summed E-state index contributed by atoms with van der Waals surface area (Å²) in [7, 11) is 1.67. The van der Waals surface area contributed by atoms with Crippen molar-refractivity contribution in [1.29, 1.82) is 0 Å². The fraction of sp³-hybridized carbons (Fsp3) is 0.417. The molecule has 1 aliphatic rings. The number of carbonyl (C=O) groups excluding carboxylic acids is 1. The lowest BCUT2D eigenvalue weighted by atomic mass is 10.0. The Morgan fingerprint density at radius 2 is 1.89 bits per heavy atom. The summed E-state index contributed by atoms with van der Waals surface area (Å²) in [5.74, 6) is -4.45. The quantitative estimate of drug-likeness (QED) is 0.873. The summed E-state index contributed by atoms with van der Waals surface area (Å²) in [5.41, 5.74) is -0.645. The third kappa shape index (κ3) is 2.87. The predicted molar refractivity (Wildman–Crippen MR) is 62.1 cm³/mol. The third-order valence-corrected chi connectivity index (χ3v) is 3.04. The number of rotatable bonds is 3. The molecule has 1 amide bonds. The van der Waals surface area contributed by atoms with Crippen LogP contribution >= 0.6 is 0 Å². The zero-order valence-electron chi connectivity index (χ0n) is 10.2. The Bertz CT molecular complexity index is 473. The van der Waals surface area contributed by atoms with Gasteiger partial charge >= 0.3 is 0 Å². The van der Waals surface area contributed by atoms with Crippen LogP contribution in [0.2, 0.25) is 0 Å². The van der Waals surface area contributed by atoms with E-state index in [1.54, 1.807) is 7.05 Å². The van der Waals surface area contributed by atoms with Crippen LogP contribution in [0.4, 0.5) is 18.9 Å². The second-order valence-electron chi connectivity index (χ2n) is 4.27. The smallest absolute Gasteiger partial charge is 0.231 e. The zero-order valence-corrected chi connectivity index (χ0v) is 10.2. The number of carbonyl (C=O) groups is 1. The number of halogens is 3. The number of nitrogens with one attached hydrogen (secondary N) is 2. The van der Waals surface area contributed by atoms with Gasteiger partial charge in [-0.05, 0) is 7.05 Å². The number of benzene rings is 1. The van der Waals surface area contributed by atoms with E-state index in [-0.39, 0.29) is 12.6 Å². The minimum Gasteiger partial charge on any atom is -0.379 e. The van der Waals surface area contributed by atoms with Gasteiger partial charge in [0, 0.05) is 18.2 Å². The monoisotopic (exact) mass is 274 g/mol. The maximum atomic E-state index is 13.4. The van der Waals surface area contributed by atoms with Gasteiger partial charge in [0.1, 0.15) is 11.5 Å². The molecule has 1 aliphatic heterocycles. The van der Waals surface area contributed by atoms with E-state index < -0.39 is 35.0 Å². The Kier molecular flexibility index (Phi) is 4.06. The van der Waals surface area contributed by atoms with Crippen LogP contribution < -0.4 is 10.6 Å². The molecule has 0 spiro atoms. The molecule has 2 atom stereocenters. The molecule has 1 heterocycles.